The summed E-state index contributed by atoms with van der Waals surface area (Å²) in [5.74, 6) is -1.19. The molecule has 0 aliphatic rings. The molecule has 0 heterocycles. The molecule has 0 aliphatic heterocycles. The van der Waals surface area contributed by atoms with Crippen molar-refractivity contribution in [2.75, 3.05) is 6.61 Å². The van der Waals surface area contributed by atoms with Crippen molar-refractivity contribution in [1.82, 2.24) is 0 Å². The van der Waals surface area contributed by atoms with Crippen LogP contribution in [0.4, 0.5) is 8.78 Å². The van der Waals surface area contributed by atoms with Crippen LogP contribution < -0.4 is 5.73 Å². The summed E-state index contributed by atoms with van der Waals surface area (Å²) in [7, 11) is 0. The van der Waals surface area contributed by atoms with Gasteiger partial charge in [0.25, 0.3) is 0 Å². The van der Waals surface area contributed by atoms with Crippen LogP contribution in [0.5, 0.6) is 0 Å². The summed E-state index contributed by atoms with van der Waals surface area (Å²) < 4.78 is 32.2. The van der Waals surface area contributed by atoms with Crippen LogP contribution in [0.25, 0.3) is 0 Å². The van der Waals surface area contributed by atoms with Crippen LogP contribution in [0.1, 0.15) is 24.2 Å². The van der Waals surface area contributed by atoms with Crippen LogP contribution in [-0.2, 0) is 11.2 Å². The zero-order valence-corrected chi connectivity index (χ0v) is 11.9. The van der Waals surface area contributed by atoms with E-state index in [1.165, 1.54) is 12.1 Å². The number of rotatable bonds is 6. The van der Waals surface area contributed by atoms with Gasteiger partial charge in [0.15, 0.2) is 0 Å². The molecular formula is C17H19F2NO. The Morgan fingerprint density at radius 3 is 2.24 bits per heavy atom. The number of ether oxygens (including phenoxy) is 1. The predicted molar refractivity (Wildman–Crippen MR) is 78.8 cm³/mol. The first-order chi connectivity index (χ1) is 10.1. The van der Waals surface area contributed by atoms with E-state index in [1.54, 1.807) is 0 Å². The minimum atomic E-state index is -0.593. The van der Waals surface area contributed by atoms with E-state index < -0.39 is 11.6 Å². The Hall–Kier alpha value is -1.78. The van der Waals surface area contributed by atoms with Crippen molar-refractivity contribution >= 4 is 0 Å². The maximum absolute atomic E-state index is 13.2. The summed E-state index contributed by atoms with van der Waals surface area (Å²) in [5.41, 5.74) is 7.69. The van der Waals surface area contributed by atoms with Crippen molar-refractivity contribution in [1.29, 1.82) is 0 Å². The van der Waals surface area contributed by atoms with Gasteiger partial charge in [-0.15, -0.1) is 0 Å². The van der Waals surface area contributed by atoms with Gasteiger partial charge >= 0.3 is 0 Å². The van der Waals surface area contributed by atoms with E-state index in [0.29, 0.717) is 18.6 Å². The molecule has 112 valence electrons. The summed E-state index contributed by atoms with van der Waals surface area (Å²) >= 11 is 0. The molecule has 2 unspecified atom stereocenters. The highest BCUT2D eigenvalue weighted by Crippen LogP contribution is 2.23. The number of hydrogen-bond acceptors (Lipinski definition) is 2. The minimum absolute atomic E-state index is 0.303. The lowest BCUT2D eigenvalue weighted by atomic mass is 9.96. The third-order valence-electron chi connectivity index (χ3n) is 3.26. The Kier molecular flexibility index (Phi) is 5.42. The van der Waals surface area contributed by atoms with Crippen LogP contribution in [0.3, 0.4) is 0 Å². The van der Waals surface area contributed by atoms with Crippen molar-refractivity contribution in [3.63, 3.8) is 0 Å². The molecule has 2 aromatic carbocycles. The fourth-order valence-electron chi connectivity index (χ4n) is 2.40. The van der Waals surface area contributed by atoms with Crippen LogP contribution in [0, 0.1) is 11.6 Å². The number of halogens is 2. The van der Waals surface area contributed by atoms with Gasteiger partial charge in [-0.25, -0.2) is 8.78 Å². The standard InChI is InChI=1S/C17H19F2NO/c1-2-21-17(13-6-4-3-5-7-13)16(20)10-12-8-14(18)11-15(19)9-12/h3-9,11,16-17H,2,10,20H2,1H3. The SMILES string of the molecule is CCOC(c1ccccc1)C(N)Cc1cc(F)cc(F)c1. The summed E-state index contributed by atoms with van der Waals surface area (Å²) in [6.07, 6.45) is 0.0383. The number of hydrogen-bond donors (Lipinski definition) is 1. The maximum Gasteiger partial charge on any atom is 0.126 e. The van der Waals surface area contributed by atoms with E-state index in [-0.39, 0.29) is 12.1 Å². The van der Waals surface area contributed by atoms with Gasteiger partial charge in [0.05, 0.1) is 6.10 Å². The second kappa shape index (κ2) is 7.29. The highest BCUT2D eigenvalue weighted by molar-refractivity contribution is 5.23. The lowest BCUT2D eigenvalue weighted by Gasteiger charge is -2.24. The molecule has 0 aliphatic carbocycles. The van der Waals surface area contributed by atoms with Crippen molar-refractivity contribution in [3.05, 3.63) is 71.3 Å². The van der Waals surface area contributed by atoms with Gasteiger partial charge in [-0.1, -0.05) is 30.3 Å². The first kappa shape index (κ1) is 15.6. The Labute approximate surface area is 123 Å². The van der Waals surface area contributed by atoms with Gasteiger partial charge < -0.3 is 10.5 Å². The third kappa shape index (κ3) is 4.34. The quantitative estimate of drug-likeness (QED) is 0.882. The summed E-state index contributed by atoms with van der Waals surface area (Å²) in [6, 6.07) is 12.7. The smallest absolute Gasteiger partial charge is 0.126 e. The van der Waals surface area contributed by atoms with Crippen molar-refractivity contribution in [2.24, 2.45) is 5.73 Å². The lowest BCUT2D eigenvalue weighted by Crippen LogP contribution is -2.32. The Balaban J connectivity index is 2.17. The van der Waals surface area contributed by atoms with E-state index in [2.05, 4.69) is 0 Å². The first-order valence-electron chi connectivity index (χ1n) is 6.97. The fourth-order valence-corrected chi connectivity index (χ4v) is 2.40. The molecule has 4 heteroatoms. The molecule has 2 N–H and O–H groups in total. The molecular weight excluding hydrogens is 272 g/mol. The van der Waals surface area contributed by atoms with Gasteiger partial charge in [0.2, 0.25) is 0 Å². The molecule has 0 radical (unpaired) electrons. The molecule has 2 rings (SSSR count). The van der Waals surface area contributed by atoms with E-state index in [9.17, 15) is 8.78 Å². The largest absolute Gasteiger partial charge is 0.372 e. The first-order valence-corrected chi connectivity index (χ1v) is 6.97. The highest BCUT2D eigenvalue weighted by atomic mass is 19.1. The van der Waals surface area contributed by atoms with E-state index in [0.717, 1.165) is 11.6 Å². The molecule has 0 saturated carbocycles. The van der Waals surface area contributed by atoms with Gasteiger partial charge in [-0.05, 0) is 36.6 Å². The third-order valence-corrected chi connectivity index (χ3v) is 3.26. The topological polar surface area (TPSA) is 35.2 Å². The monoisotopic (exact) mass is 291 g/mol. The molecule has 2 nitrogen and oxygen atoms in total. The van der Waals surface area contributed by atoms with Crippen molar-refractivity contribution in [2.45, 2.75) is 25.5 Å². The molecule has 0 spiro atoms. The summed E-state index contributed by atoms with van der Waals surface area (Å²) in [6.45, 7) is 2.41. The maximum atomic E-state index is 13.2. The number of nitrogens with two attached hydrogens (primary N) is 1. The van der Waals surface area contributed by atoms with Crippen LogP contribution in [0.15, 0.2) is 48.5 Å². The molecule has 21 heavy (non-hydrogen) atoms. The van der Waals surface area contributed by atoms with Gasteiger partial charge in [0.1, 0.15) is 11.6 Å². The Morgan fingerprint density at radius 2 is 1.67 bits per heavy atom. The molecule has 0 fully saturated rings. The average molecular weight is 291 g/mol. The van der Waals surface area contributed by atoms with Crippen LogP contribution in [0.2, 0.25) is 0 Å². The molecule has 0 amide bonds. The molecule has 2 aromatic rings. The molecule has 0 bridgehead atoms. The van der Waals surface area contributed by atoms with Gasteiger partial charge in [0, 0.05) is 18.7 Å². The normalized spacial score (nSPS) is 13.9. The molecule has 0 saturated heterocycles. The van der Waals surface area contributed by atoms with Crippen molar-refractivity contribution < 1.29 is 13.5 Å². The highest BCUT2D eigenvalue weighted by Gasteiger charge is 2.20. The van der Waals surface area contributed by atoms with Crippen molar-refractivity contribution in [3.8, 4) is 0 Å². The van der Waals surface area contributed by atoms with Gasteiger partial charge in [-0.2, -0.15) is 0 Å². The summed E-state index contributed by atoms with van der Waals surface area (Å²) in [5, 5.41) is 0. The molecule has 2 atom stereocenters. The van der Waals surface area contributed by atoms with E-state index in [4.69, 9.17) is 10.5 Å². The average Bonchev–Trinajstić information content (AvgIpc) is 2.44. The van der Waals surface area contributed by atoms with Crippen LogP contribution in [-0.4, -0.2) is 12.6 Å². The van der Waals surface area contributed by atoms with Gasteiger partial charge in [-0.3, -0.25) is 0 Å². The number of benzene rings is 2. The second-order valence-corrected chi connectivity index (χ2v) is 4.93. The van der Waals surface area contributed by atoms with E-state index in [1.807, 2.05) is 37.3 Å². The summed E-state index contributed by atoms with van der Waals surface area (Å²) in [4.78, 5) is 0. The molecule has 0 aromatic heterocycles. The zero-order chi connectivity index (χ0) is 15.2. The second-order valence-electron chi connectivity index (χ2n) is 4.93. The Bertz CT molecular complexity index is 554. The Morgan fingerprint density at radius 1 is 1.05 bits per heavy atom. The van der Waals surface area contributed by atoms with Crippen LogP contribution >= 0.6 is 0 Å². The fraction of sp³-hybridized carbons (Fsp3) is 0.294. The zero-order valence-electron chi connectivity index (χ0n) is 11.9. The minimum Gasteiger partial charge on any atom is -0.372 e. The predicted octanol–water partition coefficient (Wildman–Crippen LogP) is 3.61. The van der Waals surface area contributed by atoms with E-state index >= 15 is 0 Å². The lowest BCUT2D eigenvalue weighted by molar-refractivity contribution is 0.0433.